The molecule has 0 saturated heterocycles. The van der Waals surface area contributed by atoms with Gasteiger partial charge in [0.25, 0.3) is 0 Å². The minimum atomic E-state index is -0.416. The Morgan fingerprint density at radius 2 is 2.12 bits per heavy atom. The number of aromatic nitrogens is 4. The van der Waals surface area contributed by atoms with E-state index in [1.807, 2.05) is 34.8 Å². The lowest BCUT2D eigenvalue weighted by Crippen LogP contribution is -2.26. The summed E-state index contributed by atoms with van der Waals surface area (Å²) >= 11 is 1.51. The summed E-state index contributed by atoms with van der Waals surface area (Å²) in [6.45, 7) is 0.755. The van der Waals surface area contributed by atoms with Crippen LogP contribution in [0.1, 0.15) is 35.2 Å². The second-order valence-corrected chi connectivity index (χ2v) is 6.80. The molecule has 0 spiro atoms. The lowest BCUT2D eigenvalue weighted by atomic mass is 10.2. The van der Waals surface area contributed by atoms with Crippen molar-refractivity contribution >= 4 is 22.4 Å². The number of hydrogen-bond donors (Lipinski definition) is 1. The monoisotopic (exact) mass is 343 g/mol. The number of hydrogen-bond acceptors (Lipinski definition) is 6. The Morgan fingerprint density at radius 1 is 1.29 bits per heavy atom. The molecule has 0 aliphatic heterocycles. The van der Waals surface area contributed by atoms with Gasteiger partial charge < -0.3 is 10.1 Å². The van der Waals surface area contributed by atoms with E-state index in [0.717, 1.165) is 21.4 Å². The maximum Gasteiger partial charge on any atom is 0.407 e. The molecular formula is C16H17N5O2S. The first-order chi connectivity index (χ1) is 11.8. The van der Waals surface area contributed by atoms with E-state index >= 15 is 0 Å². The molecule has 2 aromatic heterocycles. The molecule has 2 heterocycles. The number of carbonyl (C=O) groups excluding carboxylic acids is 1. The van der Waals surface area contributed by atoms with Gasteiger partial charge in [-0.1, -0.05) is 41.7 Å². The number of benzene rings is 1. The summed E-state index contributed by atoms with van der Waals surface area (Å²) in [5, 5.41) is 16.6. The molecule has 0 unspecified atom stereocenters. The molecule has 1 N–H and O–H groups in total. The minimum Gasteiger partial charge on any atom is -0.445 e. The van der Waals surface area contributed by atoms with Crippen molar-refractivity contribution < 1.29 is 9.53 Å². The quantitative estimate of drug-likeness (QED) is 0.744. The summed E-state index contributed by atoms with van der Waals surface area (Å²) in [6.07, 6.45) is 2.57. The van der Waals surface area contributed by atoms with Crippen molar-refractivity contribution in [2.75, 3.05) is 6.54 Å². The maximum atomic E-state index is 11.7. The summed E-state index contributed by atoms with van der Waals surface area (Å²) in [6, 6.07) is 9.60. The van der Waals surface area contributed by atoms with Gasteiger partial charge in [-0.25, -0.2) is 4.79 Å². The van der Waals surface area contributed by atoms with Gasteiger partial charge >= 0.3 is 6.09 Å². The minimum absolute atomic E-state index is 0.272. The summed E-state index contributed by atoms with van der Waals surface area (Å²) in [7, 11) is 0. The van der Waals surface area contributed by atoms with E-state index in [1.54, 1.807) is 0 Å². The van der Waals surface area contributed by atoms with Crippen molar-refractivity contribution in [3.05, 3.63) is 46.7 Å². The molecule has 1 fully saturated rings. The molecule has 8 heteroatoms. The molecular weight excluding hydrogens is 326 g/mol. The molecule has 1 aromatic carbocycles. The molecule has 7 nitrogen and oxygen atoms in total. The fraction of sp³-hybridized carbons (Fsp3) is 0.375. The Kier molecular flexibility index (Phi) is 4.12. The number of fused-ring (bicyclic) bond motifs is 1. The van der Waals surface area contributed by atoms with Gasteiger partial charge in [0.05, 0.1) is 0 Å². The van der Waals surface area contributed by atoms with E-state index < -0.39 is 6.09 Å². The Balaban J connectivity index is 1.25. The van der Waals surface area contributed by atoms with Crippen LogP contribution in [0.3, 0.4) is 0 Å². The van der Waals surface area contributed by atoms with E-state index in [-0.39, 0.29) is 6.61 Å². The first-order valence-corrected chi connectivity index (χ1v) is 8.77. The van der Waals surface area contributed by atoms with Gasteiger partial charge in [0, 0.05) is 18.9 Å². The smallest absolute Gasteiger partial charge is 0.407 e. The molecule has 3 aromatic rings. The molecule has 4 rings (SSSR count). The second kappa shape index (κ2) is 6.56. The summed E-state index contributed by atoms with van der Waals surface area (Å²) < 4.78 is 7.01. The highest BCUT2D eigenvalue weighted by molar-refractivity contribution is 7.16. The van der Waals surface area contributed by atoms with Crippen molar-refractivity contribution in [3.63, 3.8) is 0 Å². The van der Waals surface area contributed by atoms with E-state index in [9.17, 15) is 4.79 Å². The zero-order chi connectivity index (χ0) is 16.4. The fourth-order valence-corrected chi connectivity index (χ4v) is 3.25. The largest absolute Gasteiger partial charge is 0.445 e. The Hall–Kier alpha value is -2.48. The van der Waals surface area contributed by atoms with E-state index in [4.69, 9.17) is 4.74 Å². The van der Waals surface area contributed by atoms with Crippen LogP contribution >= 0.6 is 11.3 Å². The third kappa shape index (κ3) is 3.38. The van der Waals surface area contributed by atoms with Gasteiger partial charge in [-0.15, -0.1) is 10.2 Å². The van der Waals surface area contributed by atoms with Crippen LogP contribution in [0.15, 0.2) is 30.3 Å². The van der Waals surface area contributed by atoms with E-state index in [0.29, 0.717) is 18.9 Å². The predicted molar refractivity (Wildman–Crippen MR) is 89.0 cm³/mol. The van der Waals surface area contributed by atoms with E-state index in [2.05, 4.69) is 20.6 Å². The van der Waals surface area contributed by atoms with Crippen molar-refractivity contribution in [2.45, 2.75) is 31.8 Å². The molecule has 24 heavy (non-hydrogen) atoms. The number of nitrogens with zero attached hydrogens (tertiary/aromatic N) is 4. The number of nitrogens with one attached hydrogen (secondary N) is 1. The Morgan fingerprint density at radius 3 is 2.92 bits per heavy atom. The number of alkyl carbamates (subject to hydrolysis) is 1. The van der Waals surface area contributed by atoms with Gasteiger partial charge in [0.1, 0.15) is 11.6 Å². The first kappa shape index (κ1) is 15.1. The molecule has 1 saturated carbocycles. The zero-order valence-electron chi connectivity index (χ0n) is 13.0. The normalized spacial score (nSPS) is 14.0. The van der Waals surface area contributed by atoms with Crippen LogP contribution in [-0.4, -0.2) is 32.4 Å². The highest BCUT2D eigenvalue weighted by Gasteiger charge is 2.29. The van der Waals surface area contributed by atoms with Crippen LogP contribution in [0.2, 0.25) is 0 Å². The van der Waals surface area contributed by atoms with Crippen LogP contribution < -0.4 is 5.32 Å². The summed E-state index contributed by atoms with van der Waals surface area (Å²) in [4.78, 5) is 12.5. The van der Waals surface area contributed by atoms with Crippen molar-refractivity contribution in [1.29, 1.82) is 0 Å². The van der Waals surface area contributed by atoms with Crippen LogP contribution in [0.5, 0.6) is 0 Å². The second-order valence-electron chi connectivity index (χ2n) is 5.76. The number of amides is 1. The average Bonchev–Trinajstić information content (AvgIpc) is 3.24. The Bertz CT molecular complexity index is 841. The molecule has 0 bridgehead atoms. The number of ether oxygens (including phenoxy) is 1. The van der Waals surface area contributed by atoms with Crippen molar-refractivity contribution in [1.82, 2.24) is 25.1 Å². The SMILES string of the molecule is O=C(NCCc1nn2c(C3CC3)nnc2s1)OCc1ccccc1. The molecule has 1 aliphatic carbocycles. The van der Waals surface area contributed by atoms with E-state index in [1.165, 1.54) is 24.2 Å². The van der Waals surface area contributed by atoms with Crippen molar-refractivity contribution in [2.24, 2.45) is 0 Å². The Labute approximate surface area is 142 Å². The molecule has 124 valence electrons. The van der Waals surface area contributed by atoms with Gasteiger partial charge in [0.15, 0.2) is 5.82 Å². The zero-order valence-corrected chi connectivity index (χ0v) is 13.8. The average molecular weight is 343 g/mol. The van der Waals surface area contributed by atoms with Crippen LogP contribution in [0.25, 0.3) is 4.96 Å². The highest BCUT2D eigenvalue weighted by Crippen LogP contribution is 2.39. The third-order valence-corrected chi connectivity index (χ3v) is 4.78. The molecule has 0 radical (unpaired) electrons. The van der Waals surface area contributed by atoms with Gasteiger partial charge in [0.2, 0.25) is 4.96 Å². The third-order valence-electron chi connectivity index (χ3n) is 3.82. The lowest BCUT2D eigenvalue weighted by Gasteiger charge is -2.06. The topological polar surface area (TPSA) is 81.4 Å². The molecule has 0 atom stereocenters. The summed E-state index contributed by atoms with van der Waals surface area (Å²) in [5.74, 6) is 1.48. The van der Waals surface area contributed by atoms with Crippen LogP contribution in [0, 0.1) is 0 Å². The molecule has 1 aliphatic rings. The summed E-state index contributed by atoms with van der Waals surface area (Å²) in [5.41, 5.74) is 0.967. The first-order valence-electron chi connectivity index (χ1n) is 7.95. The van der Waals surface area contributed by atoms with Gasteiger partial charge in [-0.2, -0.15) is 9.61 Å². The van der Waals surface area contributed by atoms with Gasteiger partial charge in [-0.05, 0) is 18.4 Å². The van der Waals surface area contributed by atoms with Crippen molar-refractivity contribution in [3.8, 4) is 0 Å². The predicted octanol–water partition coefficient (Wildman–Crippen LogP) is 2.53. The van der Waals surface area contributed by atoms with Gasteiger partial charge in [-0.3, -0.25) is 0 Å². The highest BCUT2D eigenvalue weighted by atomic mass is 32.1. The number of rotatable bonds is 6. The fourth-order valence-electron chi connectivity index (χ4n) is 2.41. The maximum absolute atomic E-state index is 11.7. The van der Waals surface area contributed by atoms with Crippen LogP contribution in [-0.2, 0) is 17.8 Å². The number of carbonyl (C=O) groups is 1. The lowest BCUT2D eigenvalue weighted by molar-refractivity contribution is 0.140. The molecule has 1 amide bonds. The standard InChI is InChI=1S/C16H17N5O2S/c22-16(23-10-11-4-2-1-3-5-11)17-9-8-13-20-21-14(12-6-7-12)18-19-15(21)24-13/h1-5,12H,6-10H2,(H,17,22). The van der Waals surface area contributed by atoms with Crippen LogP contribution in [0.4, 0.5) is 4.79 Å².